The van der Waals surface area contributed by atoms with Gasteiger partial charge in [0.05, 0.1) is 18.3 Å². The van der Waals surface area contributed by atoms with Gasteiger partial charge in [-0.2, -0.15) is 0 Å². The SMILES string of the molecule is COC(=O)/C=C/C=C/B1OC(C)(C)C(C)(C)O1. The highest BCUT2D eigenvalue weighted by atomic mass is 16.7. The van der Waals surface area contributed by atoms with Crippen molar-refractivity contribution in [1.82, 2.24) is 0 Å². The molecule has 0 saturated carbocycles. The molecule has 0 bridgehead atoms. The topological polar surface area (TPSA) is 44.8 Å². The molecule has 1 aliphatic rings. The molecular formula is C12H19BO4. The van der Waals surface area contributed by atoms with Gasteiger partial charge in [0.2, 0.25) is 0 Å². The van der Waals surface area contributed by atoms with Crippen LogP contribution in [0.1, 0.15) is 27.7 Å². The van der Waals surface area contributed by atoms with E-state index in [1.165, 1.54) is 13.2 Å². The predicted octanol–water partition coefficient (Wildman–Crippen LogP) is 1.90. The molecule has 0 aromatic rings. The molecule has 0 spiro atoms. The Morgan fingerprint density at radius 2 is 1.65 bits per heavy atom. The van der Waals surface area contributed by atoms with E-state index < -0.39 is 0 Å². The Morgan fingerprint density at radius 1 is 1.12 bits per heavy atom. The molecule has 1 heterocycles. The third kappa shape index (κ3) is 3.44. The minimum absolute atomic E-state index is 0.339. The van der Waals surface area contributed by atoms with Crippen molar-refractivity contribution < 1.29 is 18.8 Å². The molecule has 94 valence electrons. The van der Waals surface area contributed by atoms with E-state index in [2.05, 4.69) is 4.74 Å². The first-order valence-electron chi connectivity index (χ1n) is 5.57. The Balaban J connectivity index is 2.53. The number of rotatable bonds is 3. The lowest BCUT2D eigenvalue weighted by molar-refractivity contribution is -0.134. The molecular weight excluding hydrogens is 219 g/mol. The van der Waals surface area contributed by atoms with E-state index in [-0.39, 0.29) is 24.3 Å². The number of allylic oxidation sites excluding steroid dienone is 2. The fourth-order valence-electron chi connectivity index (χ4n) is 1.32. The van der Waals surface area contributed by atoms with Crippen LogP contribution in [0.5, 0.6) is 0 Å². The molecule has 1 saturated heterocycles. The highest BCUT2D eigenvalue weighted by Crippen LogP contribution is 2.36. The minimum Gasteiger partial charge on any atom is -0.466 e. The van der Waals surface area contributed by atoms with E-state index in [1.54, 1.807) is 18.1 Å². The Morgan fingerprint density at radius 3 is 2.12 bits per heavy atom. The summed E-state index contributed by atoms with van der Waals surface area (Å²) < 4.78 is 15.9. The lowest BCUT2D eigenvalue weighted by Crippen LogP contribution is -2.41. The van der Waals surface area contributed by atoms with Crippen LogP contribution in [0.2, 0.25) is 0 Å². The number of carbonyl (C=O) groups is 1. The van der Waals surface area contributed by atoms with E-state index in [9.17, 15) is 4.79 Å². The van der Waals surface area contributed by atoms with Crippen LogP contribution < -0.4 is 0 Å². The van der Waals surface area contributed by atoms with Gasteiger partial charge in [-0.25, -0.2) is 4.79 Å². The lowest BCUT2D eigenvalue weighted by Gasteiger charge is -2.32. The molecule has 17 heavy (non-hydrogen) atoms. The summed E-state index contributed by atoms with van der Waals surface area (Å²) in [7, 11) is 0.951. The van der Waals surface area contributed by atoms with Crippen LogP contribution in [-0.4, -0.2) is 31.4 Å². The number of hydrogen-bond acceptors (Lipinski definition) is 4. The normalized spacial score (nSPS) is 22.5. The molecule has 4 nitrogen and oxygen atoms in total. The number of ether oxygens (including phenoxy) is 1. The third-order valence-corrected chi connectivity index (χ3v) is 3.08. The number of methoxy groups -OCH3 is 1. The third-order valence-electron chi connectivity index (χ3n) is 3.08. The molecule has 0 amide bonds. The summed E-state index contributed by atoms with van der Waals surface area (Å²) >= 11 is 0. The minimum atomic E-state index is -0.387. The summed E-state index contributed by atoms with van der Waals surface area (Å²) in [6.45, 7) is 7.96. The largest absolute Gasteiger partial charge is 0.487 e. The summed E-state index contributed by atoms with van der Waals surface area (Å²) in [5.41, 5.74) is -0.678. The molecule has 1 aliphatic heterocycles. The summed E-state index contributed by atoms with van der Waals surface area (Å²) in [6.07, 6.45) is 4.64. The zero-order valence-corrected chi connectivity index (χ0v) is 11.0. The van der Waals surface area contributed by atoms with Crippen molar-refractivity contribution in [2.24, 2.45) is 0 Å². The maximum atomic E-state index is 10.8. The van der Waals surface area contributed by atoms with E-state index in [0.29, 0.717) is 0 Å². The average Bonchev–Trinajstić information content (AvgIpc) is 2.42. The van der Waals surface area contributed by atoms with Crippen molar-refractivity contribution in [3.8, 4) is 0 Å². The van der Waals surface area contributed by atoms with E-state index in [1.807, 2.05) is 27.7 Å². The Kier molecular flexibility index (Phi) is 4.17. The van der Waals surface area contributed by atoms with Crippen LogP contribution in [0.25, 0.3) is 0 Å². The molecule has 0 radical (unpaired) electrons. The molecule has 0 aromatic carbocycles. The molecule has 0 unspecified atom stereocenters. The van der Waals surface area contributed by atoms with E-state index in [4.69, 9.17) is 9.31 Å². The first-order valence-corrected chi connectivity index (χ1v) is 5.57. The first kappa shape index (κ1) is 14.0. The second-order valence-electron chi connectivity index (χ2n) is 4.89. The van der Waals surface area contributed by atoms with Crippen molar-refractivity contribution in [2.45, 2.75) is 38.9 Å². The maximum absolute atomic E-state index is 10.8. The number of esters is 1. The highest BCUT2D eigenvalue weighted by Gasteiger charge is 2.49. The molecule has 0 aromatic heterocycles. The predicted molar refractivity (Wildman–Crippen MR) is 66.4 cm³/mol. The fraction of sp³-hybridized carbons (Fsp3) is 0.583. The second-order valence-corrected chi connectivity index (χ2v) is 4.89. The van der Waals surface area contributed by atoms with Crippen LogP contribution in [0.3, 0.4) is 0 Å². The van der Waals surface area contributed by atoms with Gasteiger partial charge >= 0.3 is 13.1 Å². The van der Waals surface area contributed by atoms with Crippen LogP contribution in [0.15, 0.2) is 24.2 Å². The summed E-state index contributed by atoms with van der Waals surface area (Å²) in [5.74, 6) is 1.37. The highest BCUT2D eigenvalue weighted by molar-refractivity contribution is 6.51. The molecule has 5 heteroatoms. The van der Waals surface area contributed by atoms with Crippen LogP contribution >= 0.6 is 0 Å². The van der Waals surface area contributed by atoms with Crippen molar-refractivity contribution in [3.63, 3.8) is 0 Å². The lowest BCUT2D eigenvalue weighted by atomic mass is 9.90. The van der Waals surface area contributed by atoms with E-state index in [0.717, 1.165) is 0 Å². The van der Waals surface area contributed by atoms with Gasteiger partial charge in [-0.05, 0) is 27.7 Å². The van der Waals surface area contributed by atoms with E-state index >= 15 is 0 Å². The monoisotopic (exact) mass is 238 g/mol. The zero-order valence-electron chi connectivity index (χ0n) is 11.0. The summed E-state index contributed by atoms with van der Waals surface area (Å²) in [5, 5.41) is 0. The van der Waals surface area contributed by atoms with Crippen LogP contribution in [-0.2, 0) is 18.8 Å². The fourth-order valence-corrected chi connectivity index (χ4v) is 1.32. The quantitative estimate of drug-likeness (QED) is 0.326. The first-order chi connectivity index (χ1) is 7.78. The summed E-state index contributed by atoms with van der Waals surface area (Å²) in [4.78, 5) is 10.8. The average molecular weight is 238 g/mol. The zero-order chi connectivity index (χ0) is 13.1. The number of carbonyl (C=O) groups excluding carboxylic acids is 1. The van der Waals surface area contributed by atoms with Crippen LogP contribution in [0, 0.1) is 0 Å². The number of hydrogen-bond donors (Lipinski definition) is 0. The molecule has 0 aliphatic carbocycles. The maximum Gasteiger partial charge on any atom is 0.487 e. The standard InChI is InChI=1S/C12H19BO4/c1-11(2)12(3,4)17-13(16-11)9-7-6-8-10(14)15-5/h6-9H,1-5H3/b8-6+,9-7+. The van der Waals surface area contributed by atoms with Crippen molar-refractivity contribution >= 4 is 13.1 Å². The molecule has 1 rings (SSSR count). The van der Waals surface area contributed by atoms with Crippen molar-refractivity contribution in [2.75, 3.05) is 7.11 Å². The van der Waals surface area contributed by atoms with Gasteiger partial charge in [-0.15, -0.1) is 0 Å². The Hall–Kier alpha value is -1.07. The smallest absolute Gasteiger partial charge is 0.466 e. The van der Waals surface area contributed by atoms with Gasteiger partial charge in [0, 0.05) is 6.08 Å². The van der Waals surface area contributed by atoms with Gasteiger partial charge in [0.1, 0.15) is 0 Å². The van der Waals surface area contributed by atoms with Gasteiger partial charge < -0.3 is 14.0 Å². The molecule has 1 fully saturated rings. The van der Waals surface area contributed by atoms with Gasteiger partial charge in [0.25, 0.3) is 0 Å². The van der Waals surface area contributed by atoms with Crippen LogP contribution in [0.4, 0.5) is 0 Å². The van der Waals surface area contributed by atoms with Crippen molar-refractivity contribution in [3.05, 3.63) is 24.2 Å². The summed E-state index contributed by atoms with van der Waals surface area (Å²) in [6, 6.07) is 0. The van der Waals surface area contributed by atoms with Gasteiger partial charge in [-0.1, -0.05) is 18.1 Å². The molecule has 0 atom stereocenters. The Bertz CT molecular complexity index is 328. The van der Waals surface area contributed by atoms with Gasteiger partial charge in [-0.3, -0.25) is 0 Å². The second kappa shape index (κ2) is 5.06. The van der Waals surface area contributed by atoms with Crippen molar-refractivity contribution in [1.29, 1.82) is 0 Å². The van der Waals surface area contributed by atoms with Gasteiger partial charge in [0.15, 0.2) is 0 Å². The molecule has 0 N–H and O–H groups in total. The Labute approximate surface area is 103 Å².